The van der Waals surface area contributed by atoms with Gasteiger partial charge in [-0.25, -0.2) is 0 Å². The van der Waals surface area contributed by atoms with Crippen molar-refractivity contribution in [2.45, 2.75) is 19.5 Å². The summed E-state index contributed by atoms with van der Waals surface area (Å²) in [5.41, 5.74) is 0. The smallest absolute Gasteiger partial charge is 0.188 e. The second-order valence-electron chi connectivity index (χ2n) is 3.29. The third kappa shape index (κ3) is 4.10. The molecule has 1 rings (SSSR count). The number of hydrogen-bond acceptors (Lipinski definition) is 4. The van der Waals surface area contributed by atoms with Crippen LogP contribution in [0.5, 0.6) is 5.06 Å². The first kappa shape index (κ1) is 13.0. The van der Waals surface area contributed by atoms with Crippen LogP contribution in [0.4, 0.5) is 0 Å². The second kappa shape index (κ2) is 6.48. The fraction of sp³-hybridized carbons (Fsp3) is 0.600. The van der Waals surface area contributed by atoms with Gasteiger partial charge in [-0.1, -0.05) is 0 Å². The van der Waals surface area contributed by atoms with Crippen molar-refractivity contribution in [1.29, 1.82) is 0 Å². The van der Waals surface area contributed by atoms with Crippen molar-refractivity contribution in [3.8, 4) is 5.06 Å². The Morgan fingerprint density at radius 3 is 2.80 bits per heavy atom. The van der Waals surface area contributed by atoms with Gasteiger partial charge in [-0.2, -0.15) is 0 Å². The molecular weight excluding hydrogens is 278 g/mol. The third-order valence-electron chi connectivity index (χ3n) is 1.93. The van der Waals surface area contributed by atoms with E-state index >= 15 is 0 Å². The Morgan fingerprint density at radius 2 is 2.27 bits per heavy atom. The molecule has 5 heteroatoms. The fourth-order valence-electron chi connectivity index (χ4n) is 1.21. The average Bonchev–Trinajstić information content (AvgIpc) is 2.56. The summed E-state index contributed by atoms with van der Waals surface area (Å²) in [5, 5.41) is 4.30. The highest BCUT2D eigenvalue weighted by atomic mass is 79.9. The lowest BCUT2D eigenvalue weighted by molar-refractivity contribution is 0.172. The van der Waals surface area contributed by atoms with E-state index in [1.807, 2.05) is 0 Å². The molecule has 0 fully saturated rings. The molecule has 1 unspecified atom stereocenters. The molecule has 0 saturated carbocycles. The van der Waals surface area contributed by atoms with Crippen molar-refractivity contribution in [2.75, 3.05) is 20.8 Å². The van der Waals surface area contributed by atoms with Crippen LogP contribution in [0.2, 0.25) is 0 Å². The van der Waals surface area contributed by atoms with Gasteiger partial charge in [-0.15, -0.1) is 11.3 Å². The molecule has 0 spiro atoms. The summed E-state index contributed by atoms with van der Waals surface area (Å²) in [4.78, 5) is 1.25. The van der Waals surface area contributed by atoms with Gasteiger partial charge in [0, 0.05) is 24.6 Å². The Balaban J connectivity index is 2.43. The molecule has 0 saturated heterocycles. The molecule has 1 N–H and O–H groups in total. The molecule has 15 heavy (non-hydrogen) atoms. The van der Waals surface area contributed by atoms with Crippen LogP contribution in [0.25, 0.3) is 0 Å². The Morgan fingerprint density at radius 1 is 1.53 bits per heavy atom. The van der Waals surface area contributed by atoms with E-state index in [2.05, 4.69) is 34.2 Å². The molecule has 0 aliphatic heterocycles. The number of ether oxygens (including phenoxy) is 2. The van der Waals surface area contributed by atoms with Gasteiger partial charge in [0.2, 0.25) is 0 Å². The van der Waals surface area contributed by atoms with Crippen molar-refractivity contribution in [2.24, 2.45) is 0 Å². The lowest BCUT2D eigenvalue weighted by atomic mass is 10.3. The molecule has 0 aromatic carbocycles. The molecular formula is C10H16BrNO2S. The maximum Gasteiger partial charge on any atom is 0.188 e. The summed E-state index contributed by atoms with van der Waals surface area (Å²) in [6, 6.07) is 2.44. The predicted molar refractivity (Wildman–Crippen MR) is 66.7 cm³/mol. The molecule has 1 heterocycles. The van der Waals surface area contributed by atoms with Crippen LogP contribution < -0.4 is 10.1 Å². The summed E-state index contributed by atoms with van der Waals surface area (Å²) >= 11 is 5.10. The first-order valence-electron chi connectivity index (χ1n) is 4.72. The number of methoxy groups -OCH3 is 2. The average molecular weight is 294 g/mol. The molecule has 0 amide bonds. The summed E-state index contributed by atoms with van der Waals surface area (Å²) in [6.45, 7) is 3.67. The lowest BCUT2D eigenvalue weighted by Gasteiger charge is -2.11. The quantitative estimate of drug-likeness (QED) is 0.875. The predicted octanol–water partition coefficient (Wildman–Crippen LogP) is 2.64. The monoisotopic (exact) mass is 293 g/mol. The molecule has 1 aromatic rings. The maximum atomic E-state index is 5.20. The Kier molecular flexibility index (Phi) is 5.60. The van der Waals surface area contributed by atoms with Crippen LogP contribution in [-0.2, 0) is 11.3 Å². The summed E-state index contributed by atoms with van der Waals surface area (Å²) in [7, 11) is 3.39. The minimum atomic E-state index is 0.363. The number of hydrogen-bond donors (Lipinski definition) is 1. The molecule has 0 aliphatic rings. The van der Waals surface area contributed by atoms with Gasteiger partial charge in [0.05, 0.1) is 18.2 Å². The van der Waals surface area contributed by atoms with Crippen molar-refractivity contribution >= 4 is 27.3 Å². The van der Waals surface area contributed by atoms with Gasteiger partial charge in [0.25, 0.3) is 0 Å². The van der Waals surface area contributed by atoms with Crippen molar-refractivity contribution in [1.82, 2.24) is 5.32 Å². The van der Waals surface area contributed by atoms with Gasteiger partial charge >= 0.3 is 0 Å². The molecule has 0 aliphatic carbocycles. The van der Waals surface area contributed by atoms with E-state index in [9.17, 15) is 0 Å². The lowest BCUT2D eigenvalue weighted by Crippen LogP contribution is -2.29. The van der Waals surface area contributed by atoms with Crippen molar-refractivity contribution < 1.29 is 9.47 Å². The van der Waals surface area contributed by atoms with E-state index in [1.165, 1.54) is 4.88 Å². The number of thiophene rings is 1. The molecule has 0 bridgehead atoms. The molecule has 0 radical (unpaired) electrons. The van der Waals surface area contributed by atoms with Crippen molar-refractivity contribution in [3.05, 3.63) is 15.4 Å². The zero-order valence-corrected chi connectivity index (χ0v) is 11.6. The zero-order chi connectivity index (χ0) is 11.3. The molecule has 1 aromatic heterocycles. The normalized spacial score (nSPS) is 12.8. The van der Waals surface area contributed by atoms with Crippen LogP contribution in [-0.4, -0.2) is 26.9 Å². The van der Waals surface area contributed by atoms with E-state index in [4.69, 9.17) is 9.47 Å². The summed E-state index contributed by atoms with van der Waals surface area (Å²) in [5.74, 6) is 0. The summed E-state index contributed by atoms with van der Waals surface area (Å²) in [6.07, 6.45) is 0. The highest BCUT2D eigenvalue weighted by Gasteiger charge is 2.07. The largest absolute Gasteiger partial charge is 0.486 e. The van der Waals surface area contributed by atoms with E-state index in [-0.39, 0.29) is 0 Å². The van der Waals surface area contributed by atoms with Gasteiger partial charge in [-0.05, 0) is 28.9 Å². The van der Waals surface area contributed by atoms with E-state index in [0.717, 1.165) is 22.7 Å². The maximum absolute atomic E-state index is 5.20. The van der Waals surface area contributed by atoms with Gasteiger partial charge in [-0.3, -0.25) is 0 Å². The Labute approximate surface area is 103 Å². The SMILES string of the molecule is COCC(C)NCc1cc(Br)c(OC)s1. The second-order valence-corrected chi connectivity index (χ2v) is 5.24. The fourth-order valence-corrected chi connectivity index (χ4v) is 2.85. The van der Waals surface area contributed by atoms with E-state index in [1.54, 1.807) is 25.6 Å². The molecule has 86 valence electrons. The van der Waals surface area contributed by atoms with Crippen molar-refractivity contribution in [3.63, 3.8) is 0 Å². The van der Waals surface area contributed by atoms with Crippen LogP contribution in [0.3, 0.4) is 0 Å². The number of halogens is 1. The zero-order valence-electron chi connectivity index (χ0n) is 9.17. The van der Waals surface area contributed by atoms with Crippen LogP contribution in [0.15, 0.2) is 10.5 Å². The highest BCUT2D eigenvalue weighted by Crippen LogP contribution is 2.34. The number of rotatable bonds is 6. The molecule has 1 atom stereocenters. The van der Waals surface area contributed by atoms with Gasteiger partial charge < -0.3 is 14.8 Å². The van der Waals surface area contributed by atoms with Gasteiger partial charge in [0.1, 0.15) is 0 Å². The van der Waals surface area contributed by atoms with Crippen LogP contribution in [0.1, 0.15) is 11.8 Å². The standard InChI is InChI=1S/C10H16BrNO2S/c1-7(6-13-2)12-5-8-4-9(11)10(14-3)15-8/h4,7,12H,5-6H2,1-3H3. The first-order chi connectivity index (χ1) is 7.17. The van der Waals surface area contributed by atoms with Crippen LogP contribution in [0, 0.1) is 0 Å². The molecule has 3 nitrogen and oxygen atoms in total. The Hall–Kier alpha value is -0.100. The van der Waals surface area contributed by atoms with Crippen LogP contribution >= 0.6 is 27.3 Å². The number of nitrogens with one attached hydrogen (secondary N) is 1. The van der Waals surface area contributed by atoms with E-state index in [0.29, 0.717) is 6.04 Å². The van der Waals surface area contributed by atoms with E-state index < -0.39 is 0 Å². The highest BCUT2D eigenvalue weighted by molar-refractivity contribution is 9.10. The third-order valence-corrected chi connectivity index (χ3v) is 3.88. The summed E-state index contributed by atoms with van der Waals surface area (Å²) < 4.78 is 11.3. The topological polar surface area (TPSA) is 30.5 Å². The first-order valence-corrected chi connectivity index (χ1v) is 6.32. The van der Waals surface area contributed by atoms with Gasteiger partial charge in [0.15, 0.2) is 5.06 Å². The minimum Gasteiger partial charge on any atom is -0.486 e. The minimum absolute atomic E-state index is 0.363. The Bertz CT molecular complexity index is 304.